The van der Waals surface area contributed by atoms with Gasteiger partial charge in [0.15, 0.2) is 0 Å². The van der Waals surface area contributed by atoms with Crippen molar-refractivity contribution in [3.05, 3.63) is 35.6 Å². The minimum Gasteiger partial charge on any atom is -0.362 e. The molecule has 2 rings (SSSR count). The lowest BCUT2D eigenvalue weighted by molar-refractivity contribution is -0.303. The van der Waals surface area contributed by atoms with E-state index in [0.29, 0.717) is 0 Å². The molecule has 0 aliphatic carbocycles. The molecule has 4 nitrogen and oxygen atoms in total. The zero-order chi connectivity index (χ0) is 16.7. The van der Waals surface area contributed by atoms with Crippen LogP contribution in [0.5, 0.6) is 0 Å². The zero-order valence-electron chi connectivity index (χ0n) is 11.9. The number of hydrazone groups is 1. The van der Waals surface area contributed by atoms with Crippen LogP contribution in [0.4, 0.5) is 17.6 Å². The number of benzene rings is 1. The number of rotatable bonds is 2. The van der Waals surface area contributed by atoms with Crippen molar-refractivity contribution in [2.45, 2.75) is 32.2 Å². The molecule has 0 saturated carbocycles. The molecule has 1 aliphatic rings. The molecule has 1 aromatic rings. The Morgan fingerprint density at radius 1 is 1.32 bits per heavy atom. The molecule has 0 bridgehead atoms. The predicted molar refractivity (Wildman–Crippen MR) is 70.2 cm³/mol. The van der Waals surface area contributed by atoms with Crippen molar-refractivity contribution in [3.8, 4) is 0 Å². The van der Waals surface area contributed by atoms with Crippen LogP contribution in [0.2, 0.25) is 0 Å². The third-order valence-electron chi connectivity index (χ3n) is 3.32. The standard InChI is InChI=1S/C14H14F4N2O2/c1-8(2)12(21)20-13(22,14(16,17)18)7-11(19-20)9-3-5-10(15)6-4-9/h3-6,8,22H,7H2,1-2H3. The predicted octanol–water partition coefficient (Wildman–Crippen LogP) is 2.67. The minimum absolute atomic E-state index is 0.0797. The zero-order valence-corrected chi connectivity index (χ0v) is 11.9. The van der Waals surface area contributed by atoms with E-state index in [9.17, 15) is 27.5 Å². The third-order valence-corrected chi connectivity index (χ3v) is 3.32. The second-order valence-electron chi connectivity index (χ2n) is 5.35. The van der Waals surface area contributed by atoms with Crippen molar-refractivity contribution in [1.82, 2.24) is 5.01 Å². The Labute approximate surface area is 124 Å². The van der Waals surface area contributed by atoms with Gasteiger partial charge in [0, 0.05) is 5.92 Å². The van der Waals surface area contributed by atoms with E-state index in [1.165, 1.54) is 26.0 Å². The molecule has 0 fully saturated rings. The van der Waals surface area contributed by atoms with Gasteiger partial charge in [-0.2, -0.15) is 23.3 Å². The smallest absolute Gasteiger partial charge is 0.362 e. The van der Waals surface area contributed by atoms with Crippen LogP contribution in [0.3, 0.4) is 0 Å². The van der Waals surface area contributed by atoms with Gasteiger partial charge in [0.25, 0.3) is 5.72 Å². The maximum atomic E-state index is 13.2. The Bertz CT molecular complexity index is 610. The minimum atomic E-state index is -5.07. The number of halogens is 4. The van der Waals surface area contributed by atoms with E-state index in [1.54, 1.807) is 0 Å². The second kappa shape index (κ2) is 5.35. The van der Waals surface area contributed by atoms with Crippen LogP contribution >= 0.6 is 0 Å². The maximum Gasteiger partial charge on any atom is 0.438 e. The molecule has 1 unspecified atom stereocenters. The average molecular weight is 318 g/mol. The lowest BCUT2D eigenvalue weighted by Crippen LogP contribution is -2.57. The highest BCUT2D eigenvalue weighted by Gasteiger charge is 2.63. The number of amides is 1. The van der Waals surface area contributed by atoms with Crippen LogP contribution < -0.4 is 0 Å². The van der Waals surface area contributed by atoms with Gasteiger partial charge in [0.05, 0.1) is 12.1 Å². The van der Waals surface area contributed by atoms with Crippen LogP contribution in [0.15, 0.2) is 29.4 Å². The molecular formula is C14H14F4N2O2. The van der Waals surface area contributed by atoms with E-state index < -0.39 is 36.0 Å². The first kappa shape index (κ1) is 16.4. The Hall–Kier alpha value is -1.96. The van der Waals surface area contributed by atoms with Crippen molar-refractivity contribution in [2.24, 2.45) is 11.0 Å². The number of nitrogens with zero attached hydrogens (tertiary/aromatic N) is 2. The molecule has 8 heteroatoms. The summed E-state index contributed by atoms with van der Waals surface area (Å²) in [7, 11) is 0. The van der Waals surface area contributed by atoms with E-state index >= 15 is 0 Å². The molecular weight excluding hydrogens is 304 g/mol. The van der Waals surface area contributed by atoms with E-state index in [2.05, 4.69) is 5.10 Å². The summed E-state index contributed by atoms with van der Waals surface area (Å²) in [6.45, 7) is 2.81. The molecule has 1 heterocycles. The fraction of sp³-hybridized carbons (Fsp3) is 0.429. The van der Waals surface area contributed by atoms with E-state index in [4.69, 9.17) is 0 Å². The molecule has 0 aromatic heterocycles. The lowest BCUT2D eigenvalue weighted by Gasteiger charge is -2.33. The SMILES string of the molecule is CC(C)C(=O)N1N=C(c2ccc(F)cc2)CC1(O)C(F)(F)F. The summed E-state index contributed by atoms with van der Waals surface area (Å²) in [4.78, 5) is 11.9. The summed E-state index contributed by atoms with van der Waals surface area (Å²) < 4.78 is 52.5. The molecule has 22 heavy (non-hydrogen) atoms. The summed E-state index contributed by atoms with van der Waals surface area (Å²) in [5.74, 6) is -2.27. The highest BCUT2D eigenvalue weighted by molar-refractivity contribution is 6.03. The topological polar surface area (TPSA) is 52.9 Å². The first-order chi connectivity index (χ1) is 10.1. The van der Waals surface area contributed by atoms with Crippen molar-refractivity contribution in [2.75, 3.05) is 0 Å². The van der Waals surface area contributed by atoms with Crippen molar-refractivity contribution >= 4 is 11.6 Å². The molecule has 1 N–H and O–H groups in total. The Balaban J connectivity index is 2.45. The molecule has 1 atom stereocenters. The summed E-state index contributed by atoms with van der Waals surface area (Å²) in [5, 5.41) is 13.7. The Kier molecular flexibility index (Phi) is 3.99. The summed E-state index contributed by atoms with van der Waals surface area (Å²) in [5.41, 5.74) is -3.31. The number of hydrogen-bond donors (Lipinski definition) is 1. The van der Waals surface area contributed by atoms with Gasteiger partial charge in [-0.1, -0.05) is 26.0 Å². The van der Waals surface area contributed by atoms with Crippen molar-refractivity contribution in [3.63, 3.8) is 0 Å². The van der Waals surface area contributed by atoms with Gasteiger partial charge in [-0.05, 0) is 17.7 Å². The van der Waals surface area contributed by atoms with Crippen molar-refractivity contribution in [1.29, 1.82) is 0 Å². The van der Waals surface area contributed by atoms with Crippen LogP contribution in [0.25, 0.3) is 0 Å². The summed E-state index contributed by atoms with van der Waals surface area (Å²) >= 11 is 0. The molecule has 0 spiro atoms. The van der Waals surface area contributed by atoms with Gasteiger partial charge >= 0.3 is 6.18 Å². The molecule has 1 amide bonds. The van der Waals surface area contributed by atoms with Gasteiger partial charge in [-0.15, -0.1) is 0 Å². The number of hydrogen-bond acceptors (Lipinski definition) is 3. The highest BCUT2D eigenvalue weighted by atomic mass is 19.4. The van der Waals surface area contributed by atoms with Crippen LogP contribution in [0, 0.1) is 11.7 Å². The van der Waals surface area contributed by atoms with Crippen LogP contribution in [-0.2, 0) is 4.79 Å². The average Bonchev–Trinajstić information content (AvgIpc) is 2.77. The second-order valence-corrected chi connectivity index (χ2v) is 5.35. The van der Waals surface area contributed by atoms with Gasteiger partial charge in [-0.25, -0.2) is 4.39 Å². The molecule has 120 valence electrons. The molecule has 1 aliphatic heterocycles. The first-order valence-corrected chi connectivity index (χ1v) is 6.53. The van der Waals surface area contributed by atoms with Gasteiger partial charge in [0.2, 0.25) is 5.91 Å². The van der Waals surface area contributed by atoms with Crippen LogP contribution in [0.1, 0.15) is 25.8 Å². The van der Waals surface area contributed by atoms with E-state index in [-0.39, 0.29) is 16.3 Å². The number of aliphatic hydroxyl groups is 1. The molecule has 1 aromatic carbocycles. The van der Waals surface area contributed by atoms with E-state index in [1.807, 2.05) is 0 Å². The summed E-state index contributed by atoms with van der Waals surface area (Å²) in [6, 6.07) is 4.62. The number of carbonyl (C=O) groups excluding carboxylic acids is 1. The van der Waals surface area contributed by atoms with Gasteiger partial charge in [0.1, 0.15) is 5.82 Å². The lowest BCUT2D eigenvalue weighted by atomic mass is 10.0. The molecule has 0 radical (unpaired) electrons. The monoisotopic (exact) mass is 318 g/mol. The van der Waals surface area contributed by atoms with Crippen LogP contribution in [-0.4, -0.2) is 33.6 Å². The van der Waals surface area contributed by atoms with Gasteiger partial charge in [-0.3, -0.25) is 4.79 Å². The van der Waals surface area contributed by atoms with E-state index in [0.717, 1.165) is 12.1 Å². The third kappa shape index (κ3) is 2.70. The fourth-order valence-corrected chi connectivity index (χ4v) is 2.05. The summed E-state index contributed by atoms with van der Waals surface area (Å²) in [6.07, 6.45) is -5.97. The van der Waals surface area contributed by atoms with Gasteiger partial charge < -0.3 is 5.11 Å². The van der Waals surface area contributed by atoms with Crippen molar-refractivity contribution < 1.29 is 27.5 Å². The highest BCUT2D eigenvalue weighted by Crippen LogP contribution is 2.41. The normalized spacial score (nSPS) is 22.2. The maximum absolute atomic E-state index is 13.2. The Morgan fingerprint density at radius 3 is 2.32 bits per heavy atom. The fourth-order valence-electron chi connectivity index (χ4n) is 2.05. The number of alkyl halides is 3. The molecule has 0 saturated heterocycles. The quantitative estimate of drug-likeness (QED) is 0.852. The number of carbonyl (C=O) groups is 1. The largest absolute Gasteiger partial charge is 0.438 e. The Morgan fingerprint density at radius 2 is 1.86 bits per heavy atom. The first-order valence-electron chi connectivity index (χ1n) is 6.53.